The van der Waals surface area contributed by atoms with E-state index in [-0.39, 0.29) is 12.0 Å². The van der Waals surface area contributed by atoms with Gasteiger partial charge in [0.2, 0.25) is 0 Å². The van der Waals surface area contributed by atoms with E-state index in [4.69, 9.17) is 5.11 Å². The summed E-state index contributed by atoms with van der Waals surface area (Å²) in [5, 5.41) is 23.9. The van der Waals surface area contributed by atoms with Crippen LogP contribution < -0.4 is 5.32 Å². The van der Waals surface area contributed by atoms with Gasteiger partial charge in [0.15, 0.2) is 0 Å². The molecular formula is C22H39NO2. The normalized spacial score (nSPS) is 52.3. The van der Waals surface area contributed by atoms with Gasteiger partial charge in [-0.3, -0.25) is 0 Å². The van der Waals surface area contributed by atoms with Crippen LogP contribution in [0.2, 0.25) is 0 Å². The number of rotatable bonds is 4. The number of aliphatic hydroxyl groups excluding tert-OH is 1. The molecule has 3 N–H and O–H groups in total. The van der Waals surface area contributed by atoms with Crippen molar-refractivity contribution in [3.05, 3.63) is 0 Å². The second-order valence-corrected chi connectivity index (χ2v) is 10.3. The van der Waals surface area contributed by atoms with Crippen molar-refractivity contribution in [2.24, 2.45) is 34.5 Å². The van der Waals surface area contributed by atoms with E-state index in [0.29, 0.717) is 24.4 Å². The van der Waals surface area contributed by atoms with Crippen LogP contribution >= 0.6 is 0 Å². The highest BCUT2D eigenvalue weighted by Crippen LogP contribution is 2.68. The summed E-state index contributed by atoms with van der Waals surface area (Å²) in [7, 11) is 0. The van der Waals surface area contributed by atoms with Crippen molar-refractivity contribution < 1.29 is 10.2 Å². The zero-order valence-electron chi connectivity index (χ0n) is 16.4. The van der Waals surface area contributed by atoms with Crippen molar-refractivity contribution in [3.63, 3.8) is 0 Å². The molecule has 0 saturated heterocycles. The summed E-state index contributed by atoms with van der Waals surface area (Å²) >= 11 is 0. The fraction of sp³-hybridized carbons (Fsp3) is 1.00. The maximum Gasteiger partial charge on any atom is 0.0827 e. The zero-order chi connectivity index (χ0) is 17.7. The van der Waals surface area contributed by atoms with E-state index in [1.807, 2.05) is 0 Å². The summed E-state index contributed by atoms with van der Waals surface area (Å²) in [4.78, 5) is 0. The molecule has 0 aromatic rings. The molecule has 0 aromatic carbocycles. The lowest BCUT2D eigenvalue weighted by Gasteiger charge is -2.61. The average molecular weight is 350 g/mol. The first-order valence-electron chi connectivity index (χ1n) is 11.0. The van der Waals surface area contributed by atoms with Gasteiger partial charge in [-0.15, -0.1) is 0 Å². The highest BCUT2D eigenvalue weighted by molar-refractivity contribution is 5.14. The summed E-state index contributed by atoms with van der Waals surface area (Å²) in [5.74, 6) is 3.41. The van der Waals surface area contributed by atoms with Crippen LogP contribution in [-0.2, 0) is 0 Å². The van der Waals surface area contributed by atoms with Crippen LogP contribution in [0.3, 0.4) is 0 Å². The molecule has 0 spiro atoms. The summed E-state index contributed by atoms with van der Waals surface area (Å²) in [6.07, 6.45) is 13.3. The van der Waals surface area contributed by atoms with Gasteiger partial charge < -0.3 is 15.5 Å². The van der Waals surface area contributed by atoms with E-state index < -0.39 is 5.60 Å². The first kappa shape index (κ1) is 18.3. The van der Waals surface area contributed by atoms with Crippen LogP contribution in [0.1, 0.15) is 78.1 Å². The predicted molar refractivity (Wildman–Crippen MR) is 101 cm³/mol. The van der Waals surface area contributed by atoms with E-state index in [2.05, 4.69) is 19.2 Å². The van der Waals surface area contributed by atoms with Gasteiger partial charge in [-0.1, -0.05) is 26.7 Å². The summed E-state index contributed by atoms with van der Waals surface area (Å²) in [6.45, 7) is 6.41. The molecule has 0 unspecified atom stereocenters. The largest absolute Gasteiger partial charge is 0.395 e. The minimum absolute atomic E-state index is 0.0640. The van der Waals surface area contributed by atoms with Crippen LogP contribution in [0.5, 0.6) is 0 Å². The summed E-state index contributed by atoms with van der Waals surface area (Å²) < 4.78 is 0. The molecule has 25 heavy (non-hydrogen) atoms. The average Bonchev–Trinajstić information content (AvgIpc) is 2.86. The second kappa shape index (κ2) is 6.49. The Morgan fingerprint density at radius 3 is 2.52 bits per heavy atom. The standard InChI is InChI=1S/C22H39NO2/c1-20-10-4-3-5-16(20)6-7-17-18(20)8-11-21(2)19(17)9-12-22(21,25)15-23-13-14-24/h16-19,23-25H,3-15H2,1-2H3/t16-,17+,18-,19+,20+,21+,22+/m0/s1. The Bertz CT molecular complexity index is 496. The van der Waals surface area contributed by atoms with Crippen LogP contribution in [0.15, 0.2) is 0 Å². The molecule has 3 nitrogen and oxygen atoms in total. The van der Waals surface area contributed by atoms with Gasteiger partial charge in [-0.05, 0) is 80.5 Å². The first-order chi connectivity index (χ1) is 11.9. The second-order valence-electron chi connectivity index (χ2n) is 10.3. The van der Waals surface area contributed by atoms with Crippen molar-refractivity contribution in [3.8, 4) is 0 Å². The predicted octanol–water partition coefficient (Wildman–Crippen LogP) is 3.73. The lowest BCUT2D eigenvalue weighted by Crippen LogP contribution is -2.58. The molecule has 0 amide bonds. The van der Waals surface area contributed by atoms with Crippen LogP contribution in [-0.4, -0.2) is 35.5 Å². The Hall–Kier alpha value is -0.120. The summed E-state index contributed by atoms with van der Waals surface area (Å²) in [6, 6.07) is 0. The smallest absolute Gasteiger partial charge is 0.0827 e. The molecule has 144 valence electrons. The molecule has 4 fully saturated rings. The maximum atomic E-state index is 11.5. The van der Waals surface area contributed by atoms with E-state index in [1.54, 1.807) is 0 Å². The molecule has 0 aliphatic heterocycles. The Morgan fingerprint density at radius 1 is 0.920 bits per heavy atom. The van der Waals surface area contributed by atoms with Crippen molar-refractivity contribution in [2.75, 3.05) is 19.7 Å². The van der Waals surface area contributed by atoms with Gasteiger partial charge >= 0.3 is 0 Å². The highest BCUT2D eigenvalue weighted by Gasteiger charge is 2.64. The molecular weight excluding hydrogens is 310 g/mol. The molecule has 4 aliphatic rings. The number of fused-ring (bicyclic) bond motifs is 5. The molecule has 0 heterocycles. The lowest BCUT2D eigenvalue weighted by molar-refractivity contribution is -0.150. The highest BCUT2D eigenvalue weighted by atomic mass is 16.3. The SMILES string of the molecule is C[C@@]12CCCC[C@H]1CC[C@H]1[C@H]3CC[C@@](O)(CNCCO)[C@]3(C)CC[C@@H]12. The van der Waals surface area contributed by atoms with E-state index in [1.165, 1.54) is 57.8 Å². The van der Waals surface area contributed by atoms with Gasteiger partial charge in [0.25, 0.3) is 0 Å². The molecule has 7 atom stereocenters. The fourth-order valence-corrected chi connectivity index (χ4v) is 8.07. The molecule has 0 aromatic heterocycles. The molecule has 4 aliphatic carbocycles. The van der Waals surface area contributed by atoms with Crippen LogP contribution in [0.4, 0.5) is 0 Å². The lowest BCUT2D eigenvalue weighted by atomic mass is 9.44. The molecule has 4 saturated carbocycles. The Kier molecular flexibility index (Phi) is 4.74. The van der Waals surface area contributed by atoms with Gasteiger partial charge in [-0.25, -0.2) is 0 Å². The van der Waals surface area contributed by atoms with E-state index in [0.717, 1.165) is 24.2 Å². The first-order valence-corrected chi connectivity index (χ1v) is 11.0. The fourth-order valence-electron chi connectivity index (χ4n) is 8.07. The number of hydrogen-bond donors (Lipinski definition) is 3. The number of aliphatic hydroxyl groups is 2. The Labute approximate surface area is 154 Å². The monoisotopic (exact) mass is 349 g/mol. The van der Waals surface area contributed by atoms with E-state index in [9.17, 15) is 5.11 Å². The van der Waals surface area contributed by atoms with Gasteiger partial charge in [0.1, 0.15) is 0 Å². The quantitative estimate of drug-likeness (QED) is 0.678. The Balaban J connectivity index is 1.55. The third-order valence-electron chi connectivity index (χ3n) is 9.61. The van der Waals surface area contributed by atoms with Gasteiger partial charge in [0, 0.05) is 18.5 Å². The molecule has 0 radical (unpaired) electrons. The van der Waals surface area contributed by atoms with Crippen molar-refractivity contribution >= 4 is 0 Å². The third kappa shape index (κ3) is 2.63. The van der Waals surface area contributed by atoms with Crippen molar-refractivity contribution in [1.29, 1.82) is 0 Å². The Morgan fingerprint density at radius 2 is 1.72 bits per heavy atom. The zero-order valence-corrected chi connectivity index (χ0v) is 16.4. The van der Waals surface area contributed by atoms with Crippen molar-refractivity contribution in [1.82, 2.24) is 5.32 Å². The third-order valence-corrected chi connectivity index (χ3v) is 9.61. The molecule has 4 rings (SSSR count). The molecule has 0 bridgehead atoms. The van der Waals surface area contributed by atoms with Crippen LogP contribution in [0, 0.1) is 34.5 Å². The van der Waals surface area contributed by atoms with Gasteiger partial charge in [0.05, 0.1) is 12.2 Å². The number of hydrogen-bond acceptors (Lipinski definition) is 3. The van der Waals surface area contributed by atoms with E-state index >= 15 is 0 Å². The topological polar surface area (TPSA) is 52.5 Å². The number of nitrogens with one attached hydrogen (secondary N) is 1. The van der Waals surface area contributed by atoms with Crippen molar-refractivity contribution in [2.45, 2.75) is 83.7 Å². The molecule has 3 heteroatoms. The maximum absolute atomic E-state index is 11.5. The minimum Gasteiger partial charge on any atom is -0.395 e. The van der Waals surface area contributed by atoms with Crippen LogP contribution in [0.25, 0.3) is 0 Å². The summed E-state index contributed by atoms with van der Waals surface area (Å²) in [5.41, 5.74) is 0.0644. The minimum atomic E-state index is -0.581. The van der Waals surface area contributed by atoms with Gasteiger partial charge in [-0.2, -0.15) is 0 Å².